The van der Waals surface area contributed by atoms with E-state index in [1.807, 2.05) is 0 Å². The first-order valence-electron chi connectivity index (χ1n) is 11.4. The number of carbonyl (C=O) groups is 1. The van der Waals surface area contributed by atoms with Crippen LogP contribution in [0.3, 0.4) is 0 Å². The van der Waals surface area contributed by atoms with Crippen LogP contribution in [-0.2, 0) is 18.4 Å². The summed E-state index contributed by atoms with van der Waals surface area (Å²) in [6.07, 6.45) is 11.8. The highest BCUT2D eigenvalue weighted by molar-refractivity contribution is 5.79. The van der Waals surface area contributed by atoms with Crippen molar-refractivity contribution < 1.29 is 4.79 Å². The lowest BCUT2D eigenvalue weighted by molar-refractivity contribution is -0.127. The molecule has 1 aromatic rings. The van der Waals surface area contributed by atoms with Crippen molar-refractivity contribution in [3.05, 3.63) is 17.5 Å². The van der Waals surface area contributed by atoms with E-state index in [9.17, 15) is 4.79 Å². The van der Waals surface area contributed by atoms with Gasteiger partial charge in [-0.25, -0.2) is 0 Å². The lowest BCUT2D eigenvalue weighted by Gasteiger charge is -2.42. The van der Waals surface area contributed by atoms with E-state index in [0.29, 0.717) is 18.0 Å². The average molecular weight is 386 g/mol. The third kappa shape index (κ3) is 4.13. The molecule has 6 nitrogen and oxygen atoms in total. The van der Waals surface area contributed by atoms with Crippen molar-refractivity contribution in [3.8, 4) is 0 Å². The summed E-state index contributed by atoms with van der Waals surface area (Å²) < 4.78 is 2.10. The molecule has 2 aliphatic heterocycles. The maximum Gasteiger partial charge on any atom is 0.224 e. The van der Waals surface area contributed by atoms with Gasteiger partial charge >= 0.3 is 0 Å². The molecule has 0 spiro atoms. The summed E-state index contributed by atoms with van der Waals surface area (Å²) in [4.78, 5) is 17.7. The fraction of sp³-hybridized carbons (Fsp3) is 0.818. The number of nitrogens with one attached hydrogen (secondary N) is 1. The standard InChI is InChI=1S/C22H35N5O/c1-25-21(16-4-5-16)18(13-23-25)14-26-11-8-20(9-12-26)27-10-2-3-17(15-27)22(28)24-19-6-7-19/h13,16-17,19-20H,2-12,14-15H2,1H3,(H,24,28). The van der Waals surface area contributed by atoms with Crippen LogP contribution < -0.4 is 5.32 Å². The Kier molecular flexibility index (Phi) is 5.18. The van der Waals surface area contributed by atoms with Gasteiger partial charge in [0, 0.05) is 49.4 Å². The maximum absolute atomic E-state index is 12.5. The third-order valence-electron chi connectivity index (χ3n) is 7.24. The average Bonchev–Trinajstić information content (AvgIpc) is 3.64. The highest BCUT2D eigenvalue weighted by Gasteiger charge is 2.34. The van der Waals surface area contributed by atoms with Gasteiger partial charge < -0.3 is 5.32 Å². The van der Waals surface area contributed by atoms with Gasteiger partial charge in [-0.2, -0.15) is 5.10 Å². The molecule has 1 atom stereocenters. The fourth-order valence-electron chi connectivity index (χ4n) is 5.28. The number of aryl methyl sites for hydroxylation is 1. The van der Waals surface area contributed by atoms with Crippen molar-refractivity contribution in [1.29, 1.82) is 0 Å². The summed E-state index contributed by atoms with van der Waals surface area (Å²) in [6, 6.07) is 1.14. The summed E-state index contributed by atoms with van der Waals surface area (Å²) in [5.41, 5.74) is 2.92. The molecule has 5 rings (SSSR count). The number of piperidine rings is 2. The second-order valence-electron chi connectivity index (χ2n) is 9.58. The van der Waals surface area contributed by atoms with Gasteiger partial charge in [-0.15, -0.1) is 0 Å². The van der Waals surface area contributed by atoms with Crippen LogP contribution >= 0.6 is 0 Å². The van der Waals surface area contributed by atoms with Crippen LogP contribution in [0, 0.1) is 5.92 Å². The first kappa shape index (κ1) is 18.6. The van der Waals surface area contributed by atoms with Crippen molar-refractivity contribution in [2.24, 2.45) is 13.0 Å². The largest absolute Gasteiger partial charge is 0.353 e. The first-order valence-corrected chi connectivity index (χ1v) is 11.4. The van der Waals surface area contributed by atoms with E-state index in [4.69, 9.17) is 0 Å². The molecular weight excluding hydrogens is 350 g/mol. The van der Waals surface area contributed by atoms with Gasteiger partial charge in [0.2, 0.25) is 5.91 Å². The molecular formula is C22H35N5O. The Morgan fingerprint density at radius 3 is 2.61 bits per heavy atom. The Morgan fingerprint density at radius 1 is 1.11 bits per heavy atom. The van der Waals surface area contributed by atoms with Gasteiger partial charge in [0.1, 0.15) is 0 Å². The van der Waals surface area contributed by atoms with Crippen molar-refractivity contribution in [1.82, 2.24) is 24.9 Å². The molecule has 2 saturated carbocycles. The lowest BCUT2D eigenvalue weighted by atomic mass is 9.93. The molecule has 0 radical (unpaired) electrons. The van der Waals surface area contributed by atoms with Gasteiger partial charge in [0.05, 0.1) is 12.1 Å². The molecule has 3 heterocycles. The van der Waals surface area contributed by atoms with Crippen LogP contribution in [0.5, 0.6) is 0 Å². The Balaban J connectivity index is 1.12. The van der Waals surface area contributed by atoms with E-state index in [2.05, 4.69) is 38.1 Å². The number of likely N-dealkylation sites (tertiary alicyclic amines) is 2. The summed E-state index contributed by atoms with van der Waals surface area (Å²) in [6.45, 7) is 5.53. The molecule has 154 valence electrons. The van der Waals surface area contributed by atoms with Gasteiger partial charge in [-0.3, -0.25) is 19.3 Å². The van der Waals surface area contributed by atoms with Gasteiger partial charge in [-0.05, 0) is 71.0 Å². The maximum atomic E-state index is 12.5. The van der Waals surface area contributed by atoms with Crippen molar-refractivity contribution in [3.63, 3.8) is 0 Å². The summed E-state index contributed by atoms with van der Waals surface area (Å²) >= 11 is 0. The van der Waals surface area contributed by atoms with E-state index in [0.717, 1.165) is 25.4 Å². The molecule has 6 heteroatoms. The number of hydrogen-bond acceptors (Lipinski definition) is 4. The zero-order chi connectivity index (χ0) is 19.1. The number of nitrogens with zero attached hydrogens (tertiary/aromatic N) is 4. The molecule has 1 unspecified atom stereocenters. The summed E-state index contributed by atoms with van der Waals surface area (Å²) in [7, 11) is 2.09. The highest BCUT2D eigenvalue weighted by Crippen LogP contribution is 2.41. The predicted molar refractivity (Wildman–Crippen MR) is 109 cm³/mol. The van der Waals surface area contributed by atoms with E-state index in [-0.39, 0.29) is 5.92 Å². The van der Waals surface area contributed by atoms with Crippen LogP contribution in [0.25, 0.3) is 0 Å². The van der Waals surface area contributed by atoms with Gasteiger partial charge in [0.25, 0.3) is 0 Å². The Hall–Kier alpha value is -1.40. The minimum absolute atomic E-state index is 0.212. The second-order valence-corrected chi connectivity index (χ2v) is 9.58. The van der Waals surface area contributed by atoms with Gasteiger partial charge in [-0.1, -0.05) is 0 Å². The predicted octanol–water partition coefficient (Wildman–Crippen LogP) is 2.25. The zero-order valence-electron chi connectivity index (χ0n) is 17.3. The molecule has 1 N–H and O–H groups in total. The van der Waals surface area contributed by atoms with E-state index < -0.39 is 0 Å². The number of carbonyl (C=O) groups excluding carboxylic acids is 1. The first-order chi connectivity index (χ1) is 13.7. The molecule has 2 aliphatic carbocycles. The van der Waals surface area contributed by atoms with Crippen molar-refractivity contribution >= 4 is 5.91 Å². The zero-order valence-corrected chi connectivity index (χ0v) is 17.3. The van der Waals surface area contributed by atoms with Crippen LogP contribution in [0.4, 0.5) is 0 Å². The monoisotopic (exact) mass is 385 g/mol. The minimum atomic E-state index is 0.212. The summed E-state index contributed by atoms with van der Waals surface area (Å²) in [5, 5.41) is 7.75. The Labute approximate surface area is 168 Å². The van der Waals surface area contributed by atoms with Crippen LogP contribution in [0.2, 0.25) is 0 Å². The number of hydrogen-bond donors (Lipinski definition) is 1. The summed E-state index contributed by atoms with van der Waals surface area (Å²) in [5.74, 6) is 1.28. The fourth-order valence-corrected chi connectivity index (χ4v) is 5.28. The number of rotatable bonds is 6. The van der Waals surface area contributed by atoms with E-state index in [1.165, 1.54) is 75.8 Å². The molecule has 1 amide bonds. The number of amides is 1. The SMILES string of the molecule is Cn1ncc(CN2CCC(N3CCCC(C(=O)NC4CC4)C3)CC2)c1C1CC1. The van der Waals surface area contributed by atoms with Crippen LogP contribution in [0.15, 0.2) is 6.20 Å². The molecule has 4 aliphatic rings. The Bertz CT molecular complexity index is 700. The van der Waals surface area contributed by atoms with Crippen molar-refractivity contribution in [2.45, 2.75) is 75.9 Å². The quantitative estimate of drug-likeness (QED) is 0.816. The lowest BCUT2D eigenvalue weighted by Crippen LogP contribution is -2.50. The highest BCUT2D eigenvalue weighted by atomic mass is 16.2. The van der Waals surface area contributed by atoms with Gasteiger partial charge in [0.15, 0.2) is 0 Å². The second kappa shape index (κ2) is 7.79. The number of aromatic nitrogens is 2. The molecule has 0 aromatic carbocycles. The van der Waals surface area contributed by atoms with E-state index in [1.54, 1.807) is 0 Å². The van der Waals surface area contributed by atoms with E-state index >= 15 is 0 Å². The smallest absolute Gasteiger partial charge is 0.224 e. The normalized spacial score (nSPS) is 27.8. The molecule has 4 fully saturated rings. The van der Waals surface area contributed by atoms with Crippen molar-refractivity contribution in [2.75, 3.05) is 26.2 Å². The molecule has 1 aromatic heterocycles. The minimum Gasteiger partial charge on any atom is -0.353 e. The van der Waals surface area contributed by atoms with Crippen LogP contribution in [0.1, 0.15) is 68.5 Å². The topological polar surface area (TPSA) is 53.4 Å². The Morgan fingerprint density at radius 2 is 1.89 bits per heavy atom. The molecule has 28 heavy (non-hydrogen) atoms. The van der Waals surface area contributed by atoms with Crippen LogP contribution in [-0.4, -0.2) is 63.8 Å². The third-order valence-corrected chi connectivity index (χ3v) is 7.24. The molecule has 2 saturated heterocycles. The molecule has 0 bridgehead atoms.